The Morgan fingerprint density at radius 1 is 0.909 bits per heavy atom. The van der Waals surface area contributed by atoms with Crippen LogP contribution in [0.1, 0.15) is 18.4 Å². The van der Waals surface area contributed by atoms with Crippen LogP contribution < -0.4 is 5.32 Å². The maximum Gasteiger partial charge on any atom is 0.322 e. The van der Waals surface area contributed by atoms with Crippen molar-refractivity contribution in [3.05, 3.63) is 66.0 Å². The Morgan fingerprint density at radius 2 is 1.61 bits per heavy atom. The predicted octanol–water partition coefficient (Wildman–Crippen LogP) is 2.98. The molecule has 0 saturated carbocycles. The molecule has 2 aliphatic heterocycles. The number of benzene rings is 2. The fourth-order valence-corrected chi connectivity index (χ4v) is 4.38. The number of hydrogen-bond acceptors (Lipinski definition) is 3. The van der Waals surface area contributed by atoms with E-state index in [9.17, 15) is 18.8 Å². The van der Waals surface area contributed by atoms with Gasteiger partial charge in [0, 0.05) is 31.9 Å². The molecule has 8 heteroatoms. The molecule has 2 heterocycles. The quantitative estimate of drug-likeness (QED) is 0.758. The number of piperidine rings is 1. The predicted molar refractivity (Wildman–Crippen MR) is 123 cm³/mol. The van der Waals surface area contributed by atoms with Gasteiger partial charge in [-0.3, -0.25) is 9.59 Å². The number of urea groups is 1. The molecule has 4 rings (SSSR count). The van der Waals surface area contributed by atoms with Crippen molar-refractivity contribution in [2.24, 2.45) is 5.92 Å². The van der Waals surface area contributed by atoms with Gasteiger partial charge >= 0.3 is 6.03 Å². The Balaban J connectivity index is 1.21. The van der Waals surface area contributed by atoms with E-state index in [-0.39, 0.29) is 30.7 Å². The van der Waals surface area contributed by atoms with Crippen LogP contribution in [-0.2, 0) is 16.0 Å². The van der Waals surface area contributed by atoms with Crippen molar-refractivity contribution in [3.8, 4) is 0 Å². The molecule has 2 fully saturated rings. The second-order valence-corrected chi connectivity index (χ2v) is 8.69. The highest BCUT2D eigenvalue weighted by Gasteiger charge is 2.30. The Labute approximate surface area is 193 Å². The number of halogens is 1. The average molecular weight is 453 g/mol. The fourth-order valence-electron chi connectivity index (χ4n) is 4.38. The Kier molecular flexibility index (Phi) is 7.22. The monoisotopic (exact) mass is 452 g/mol. The van der Waals surface area contributed by atoms with Crippen molar-refractivity contribution < 1.29 is 18.8 Å². The van der Waals surface area contributed by atoms with Gasteiger partial charge in [-0.05, 0) is 55.0 Å². The van der Waals surface area contributed by atoms with Gasteiger partial charge < -0.3 is 20.0 Å². The zero-order chi connectivity index (χ0) is 23.2. The Morgan fingerprint density at radius 3 is 2.27 bits per heavy atom. The summed E-state index contributed by atoms with van der Waals surface area (Å²) >= 11 is 0. The molecule has 33 heavy (non-hydrogen) atoms. The van der Waals surface area contributed by atoms with Gasteiger partial charge in [-0.15, -0.1) is 0 Å². The van der Waals surface area contributed by atoms with Gasteiger partial charge in [-0.2, -0.15) is 0 Å². The van der Waals surface area contributed by atoms with E-state index >= 15 is 0 Å². The molecule has 2 aromatic rings. The maximum atomic E-state index is 13.0. The van der Waals surface area contributed by atoms with Crippen LogP contribution in [0.4, 0.5) is 14.9 Å². The van der Waals surface area contributed by atoms with Crippen LogP contribution in [0.5, 0.6) is 0 Å². The SMILES string of the molecule is O=C(CN1CCN(C(=O)Nc2ccc(F)cc2)CC1=O)N1CCC(Cc2ccccc2)CC1. The lowest BCUT2D eigenvalue weighted by Gasteiger charge is -2.36. The van der Waals surface area contributed by atoms with Gasteiger partial charge in [0.15, 0.2) is 0 Å². The van der Waals surface area contributed by atoms with Crippen molar-refractivity contribution >= 4 is 23.5 Å². The standard InChI is InChI=1S/C25H29FN4O3/c26-21-6-8-22(9-7-21)27-25(33)30-15-14-29(24(32)18-30)17-23(31)28-12-10-20(11-13-28)16-19-4-2-1-3-5-19/h1-9,20H,10-18H2,(H,27,33). The molecule has 0 radical (unpaired) electrons. The number of nitrogens with one attached hydrogen (secondary N) is 1. The molecular weight excluding hydrogens is 423 g/mol. The number of hydrogen-bond donors (Lipinski definition) is 1. The van der Waals surface area contributed by atoms with Crippen molar-refractivity contribution in [3.63, 3.8) is 0 Å². The van der Waals surface area contributed by atoms with Crippen LogP contribution in [0.2, 0.25) is 0 Å². The topological polar surface area (TPSA) is 73.0 Å². The lowest BCUT2D eigenvalue weighted by molar-refractivity contribution is -0.143. The van der Waals surface area contributed by atoms with Gasteiger partial charge in [-0.25, -0.2) is 9.18 Å². The number of likely N-dealkylation sites (tertiary alicyclic amines) is 1. The van der Waals surface area contributed by atoms with Crippen LogP contribution in [-0.4, -0.2) is 71.8 Å². The van der Waals surface area contributed by atoms with Crippen LogP contribution in [0.3, 0.4) is 0 Å². The highest BCUT2D eigenvalue weighted by atomic mass is 19.1. The summed E-state index contributed by atoms with van der Waals surface area (Å²) in [6.45, 7) is 2.04. The lowest BCUT2D eigenvalue weighted by atomic mass is 9.90. The molecule has 4 amide bonds. The number of amides is 4. The molecule has 0 spiro atoms. The van der Waals surface area contributed by atoms with E-state index in [1.165, 1.54) is 39.6 Å². The molecule has 0 atom stereocenters. The second kappa shape index (κ2) is 10.5. The summed E-state index contributed by atoms with van der Waals surface area (Å²) in [5, 5.41) is 2.66. The third kappa shape index (κ3) is 6.09. The highest BCUT2D eigenvalue weighted by Crippen LogP contribution is 2.22. The summed E-state index contributed by atoms with van der Waals surface area (Å²) in [5.41, 5.74) is 1.79. The summed E-state index contributed by atoms with van der Waals surface area (Å²) < 4.78 is 13.0. The van der Waals surface area contributed by atoms with Crippen molar-refractivity contribution in [1.29, 1.82) is 0 Å². The third-order valence-corrected chi connectivity index (χ3v) is 6.36. The zero-order valence-corrected chi connectivity index (χ0v) is 18.6. The summed E-state index contributed by atoms with van der Waals surface area (Å²) in [6, 6.07) is 15.4. The first-order chi connectivity index (χ1) is 16.0. The molecule has 0 aliphatic carbocycles. The molecule has 1 N–H and O–H groups in total. The smallest absolute Gasteiger partial charge is 0.322 e. The summed E-state index contributed by atoms with van der Waals surface area (Å²) in [6.07, 6.45) is 2.96. The Hall–Kier alpha value is -3.42. The molecule has 0 unspecified atom stereocenters. The van der Waals surface area contributed by atoms with Crippen LogP contribution in [0, 0.1) is 11.7 Å². The van der Waals surface area contributed by atoms with Gasteiger partial charge in [0.1, 0.15) is 12.4 Å². The van der Waals surface area contributed by atoms with E-state index in [0.717, 1.165) is 19.3 Å². The number of anilines is 1. The molecule has 2 aliphatic rings. The van der Waals surface area contributed by atoms with E-state index in [2.05, 4.69) is 29.6 Å². The molecule has 174 valence electrons. The normalized spacial score (nSPS) is 17.2. The number of carbonyl (C=O) groups excluding carboxylic acids is 3. The number of rotatable bonds is 5. The van der Waals surface area contributed by atoms with Crippen molar-refractivity contribution in [2.45, 2.75) is 19.3 Å². The molecule has 0 bridgehead atoms. The Bertz CT molecular complexity index is 975. The van der Waals surface area contributed by atoms with E-state index < -0.39 is 6.03 Å². The van der Waals surface area contributed by atoms with Gasteiger partial charge in [0.25, 0.3) is 0 Å². The van der Waals surface area contributed by atoms with Crippen molar-refractivity contribution in [2.75, 3.05) is 44.6 Å². The van der Waals surface area contributed by atoms with E-state index in [0.29, 0.717) is 37.8 Å². The largest absolute Gasteiger partial charge is 0.341 e. The first-order valence-electron chi connectivity index (χ1n) is 11.4. The minimum absolute atomic E-state index is 0.0364. The number of piperazine rings is 1. The summed E-state index contributed by atoms with van der Waals surface area (Å²) in [5.74, 6) is -0.100. The summed E-state index contributed by atoms with van der Waals surface area (Å²) in [7, 11) is 0. The highest BCUT2D eigenvalue weighted by molar-refractivity contribution is 5.94. The van der Waals surface area contributed by atoms with E-state index in [1.807, 2.05) is 11.0 Å². The van der Waals surface area contributed by atoms with Crippen LogP contribution in [0.25, 0.3) is 0 Å². The van der Waals surface area contributed by atoms with E-state index in [4.69, 9.17) is 0 Å². The third-order valence-electron chi connectivity index (χ3n) is 6.36. The number of nitrogens with zero attached hydrogens (tertiary/aromatic N) is 3. The van der Waals surface area contributed by atoms with Crippen molar-refractivity contribution in [1.82, 2.24) is 14.7 Å². The van der Waals surface area contributed by atoms with Crippen LogP contribution >= 0.6 is 0 Å². The first-order valence-corrected chi connectivity index (χ1v) is 11.4. The minimum atomic E-state index is -0.415. The minimum Gasteiger partial charge on any atom is -0.341 e. The molecular formula is C25H29FN4O3. The maximum absolute atomic E-state index is 13.0. The molecule has 2 saturated heterocycles. The number of carbonyl (C=O) groups is 3. The summed E-state index contributed by atoms with van der Waals surface area (Å²) in [4.78, 5) is 42.5. The van der Waals surface area contributed by atoms with Gasteiger partial charge in [-0.1, -0.05) is 30.3 Å². The van der Waals surface area contributed by atoms with Gasteiger partial charge in [0.2, 0.25) is 11.8 Å². The average Bonchev–Trinajstić information content (AvgIpc) is 2.83. The fraction of sp³-hybridized carbons (Fsp3) is 0.400. The zero-order valence-electron chi connectivity index (χ0n) is 18.6. The van der Waals surface area contributed by atoms with E-state index in [1.54, 1.807) is 0 Å². The van der Waals surface area contributed by atoms with Gasteiger partial charge in [0.05, 0.1) is 6.54 Å². The molecule has 0 aromatic heterocycles. The molecule has 7 nitrogen and oxygen atoms in total. The molecule has 2 aromatic carbocycles. The lowest BCUT2D eigenvalue weighted by Crippen LogP contribution is -2.55. The first kappa shape index (κ1) is 22.8. The second-order valence-electron chi connectivity index (χ2n) is 8.69. The van der Waals surface area contributed by atoms with Crippen LogP contribution in [0.15, 0.2) is 54.6 Å².